The predicted octanol–water partition coefficient (Wildman–Crippen LogP) is 2.62. The molecule has 6 heteroatoms. The molecule has 0 spiro atoms. The highest BCUT2D eigenvalue weighted by Crippen LogP contribution is 2.15. The summed E-state index contributed by atoms with van der Waals surface area (Å²) in [4.78, 5) is 27.2. The van der Waals surface area contributed by atoms with Gasteiger partial charge < -0.3 is 9.52 Å². The Labute approximate surface area is 123 Å². The molecular weight excluding hydrogens is 289 g/mol. The summed E-state index contributed by atoms with van der Waals surface area (Å²) in [5.41, 5.74) is 0.571. The van der Waals surface area contributed by atoms with E-state index >= 15 is 0 Å². The lowest BCUT2D eigenvalue weighted by Gasteiger charge is -2.03. The van der Waals surface area contributed by atoms with Crippen LogP contribution in [-0.4, -0.2) is 16.1 Å². The molecule has 2 heterocycles. The van der Waals surface area contributed by atoms with Crippen molar-refractivity contribution in [1.29, 1.82) is 0 Å². The predicted molar refractivity (Wildman–Crippen MR) is 76.4 cm³/mol. The topological polar surface area (TPSA) is 80.4 Å². The second-order valence-corrected chi connectivity index (χ2v) is 4.76. The molecule has 1 N–H and O–H groups in total. The molecule has 0 fully saturated rings. The number of halogens is 1. The van der Waals surface area contributed by atoms with Gasteiger partial charge in [-0.15, -0.1) is 0 Å². The van der Waals surface area contributed by atoms with Crippen LogP contribution in [0, 0.1) is 5.82 Å². The minimum atomic E-state index is -1.34. The number of pyridine rings is 1. The first-order chi connectivity index (χ1) is 10.5. The number of carboxylic acid groups (broad SMARTS) is 1. The monoisotopic (exact) mass is 299 g/mol. The van der Waals surface area contributed by atoms with E-state index in [9.17, 15) is 14.0 Å². The van der Waals surface area contributed by atoms with Crippen LogP contribution in [0.4, 0.5) is 4.39 Å². The van der Waals surface area contributed by atoms with Gasteiger partial charge in [0, 0.05) is 12.1 Å². The van der Waals surface area contributed by atoms with Gasteiger partial charge in [0.25, 0.3) is 0 Å². The van der Waals surface area contributed by atoms with Gasteiger partial charge in [0.15, 0.2) is 5.58 Å². The third-order valence-electron chi connectivity index (χ3n) is 3.25. The number of hydrogen-bond donors (Lipinski definition) is 1. The Morgan fingerprint density at radius 3 is 2.68 bits per heavy atom. The second-order valence-electron chi connectivity index (χ2n) is 4.76. The van der Waals surface area contributed by atoms with Gasteiger partial charge in [-0.2, -0.15) is 0 Å². The van der Waals surface area contributed by atoms with E-state index in [1.165, 1.54) is 24.4 Å². The lowest BCUT2D eigenvalue weighted by atomic mass is 10.1. The molecule has 0 aliphatic rings. The van der Waals surface area contributed by atoms with E-state index in [-0.39, 0.29) is 16.8 Å². The molecule has 110 valence electrons. The van der Waals surface area contributed by atoms with E-state index in [0.29, 0.717) is 12.1 Å². The molecule has 0 radical (unpaired) electrons. The Morgan fingerprint density at radius 1 is 1.27 bits per heavy atom. The number of nitrogens with zero attached hydrogens (tertiary/aromatic N) is 1. The first-order valence-electron chi connectivity index (χ1n) is 6.43. The highest BCUT2D eigenvalue weighted by atomic mass is 19.1. The number of hydrogen-bond acceptors (Lipinski definition) is 4. The number of carboxylic acids is 1. The summed E-state index contributed by atoms with van der Waals surface area (Å²) < 4.78 is 18.0. The van der Waals surface area contributed by atoms with Crippen molar-refractivity contribution < 1.29 is 18.7 Å². The van der Waals surface area contributed by atoms with Gasteiger partial charge in [0.1, 0.15) is 17.6 Å². The van der Waals surface area contributed by atoms with E-state index in [2.05, 4.69) is 4.98 Å². The van der Waals surface area contributed by atoms with E-state index in [1.807, 2.05) is 0 Å². The third kappa shape index (κ3) is 2.58. The Bertz CT molecular complexity index is 916. The van der Waals surface area contributed by atoms with Gasteiger partial charge in [0.05, 0.1) is 11.6 Å². The molecule has 0 bridgehead atoms. The van der Waals surface area contributed by atoms with Crippen LogP contribution in [0.3, 0.4) is 0 Å². The lowest BCUT2D eigenvalue weighted by molar-refractivity contribution is 0.0693. The van der Waals surface area contributed by atoms with Crippen LogP contribution in [0.25, 0.3) is 11.0 Å². The second kappa shape index (κ2) is 5.40. The minimum absolute atomic E-state index is 0.159. The fourth-order valence-electron chi connectivity index (χ4n) is 2.13. The van der Waals surface area contributed by atoms with Gasteiger partial charge in [-0.3, -0.25) is 9.78 Å². The molecule has 0 unspecified atom stereocenters. The SMILES string of the molecule is O=C(O)c1coc2cnc(Cc3ccc(F)cc3)cc2c1=O. The largest absolute Gasteiger partial charge is 0.477 e. The Morgan fingerprint density at radius 2 is 2.00 bits per heavy atom. The number of fused-ring (bicyclic) bond motifs is 1. The van der Waals surface area contributed by atoms with Crippen LogP contribution in [0.1, 0.15) is 21.6 Å². The molecule has 0 aliphatic heterocycles. The average Bonchev–Trinajstić information content (AvgIpc) is 2.50. The molecule has 0 saturated carbocycles. The zero-order valence-electron chi connectivity index (χ0n) is 11.2. The first kappa shape index (κ1) is 13.9. The molecule has 0 atom stereocenters. The van der Waals surface area contributed by atoms with E-state index in [4.69, 9.17) is 9.52 Å². The Kier molecular flexibility index (Phi) is 3.42. The number of benzene rings is 1. The van der Waals surface area contributed by atoms with Crippen LogP contribution in [0.2, 0.25) is 0 Å². The van der Waals surface area contributed by atoms with Gasteiger partial charge >= 0.3 is 5.97 Å². The summed E-state index contributed by atoms with van der Waals surface area (Å²) in [6, 6.07) is 7.42. The zero-order chi connectivity index (χ0) is 15.7. The van der Waals surface area contributed by atoms with Crippen molar-refractivity contribution in [3.63, 3.8) is 0 Å². The summed E-state index contributed by atoms with van der Waals surface area (Å²) in [5.74, 6) is -1.67. The Hall–Kier alpha value is -3.02. The number of carbonyl (C=O) groups is 1. The standard InChI is InChI=1S/C16H10FNO4/c17-10-3-1-9(2-4-10)5-11-6-12-14(7-18-11)22-8-13(15(12)19)16(20)21/h1-4,6-8H,5H2,(H,20,21). The van der Waals surface area contributed by atoms with Crippen LogP contribution in [0.15, 0.2) is 52.0 Å². The van der Waals surface area contributed by atoms with E-state index < -0.39 is 17.0 Å². The number of rotatable bonds is 3. The molecule has 1 aromatic carbocycles. The summed E-state index contributed by atoms with van der Waals surface area (Å²) >= 11 is 0. The fourth-order valence-corrected chi connectivity index (χ4v) is 2.13. The van der Waals surface area contributed by atoms with Crippen molar-refractivity contribution in [1.82, 2.24) is 4.98 Å². The van der Waals surface area contributed by atoms with E-state index in [0.717, 1.165) is 11.8 Å². The molecule has 0 amide bonds. The zero-order valence-corrected chi connectivity index (χ0v) is 11.2. The van der Waals surface area contributed by atoms with Crippen LogP contribution < -0.4 is 5.43 Å². The van der Waals surface area contributed by atoms with Crippen molar-refractivity contribution in [3.8, 4) is 0 Å². The summed E-state index contributed by atoms with van der Waals surface area (Å²) in [5, 5.41) is 9.10. The number of aromatic nitrogens is 1. The van der Waals surface area contributed by atoms with Crippen LogP contribution in [0.5, 0.6) is 0 Å². The van der Waals surface area contributed by atoms with Gasteiger partial charge in [-0.25, -0.2) is 9.18 Å². The van der Waals surface area contributed by atoms with Crippen molar-refractivity contribution >= 4 is 16.9 Å². The van der Waals surface area contributed by atoms with Crippen LogP contribution in [-0.2, 0) is 6.42 Å². The minimum Gasteiger partial charge on any atom is -0.477 e. The highest BCUT2D eigenvalue weighted by Gasteiger charge is 2.14. The quantitative estimate of drug-likeness (QED) is 0.804. The summed E-state index contributed by atoms with van der Waals surface area (Å²) in [6.07, 6.45) is 2.68. The normalized spacial score (nSPS) is 10.8. The van der Waals surface area contributed by atoms with Crippen LogP contribution >= 0.6 is 0 Å². The lowest BCUT2D eigenvalue weighted by Crippen LogP contribution is -2.14. The first-order valence-corrected chi connectivity index (χ1v) is 6.43. The molecule has 0 aliphatic carbocycles. The van der Waals surface area contributed by atoms with Crippen molar-refractivity contribution in [3.05, 3.63) is 75.7 Å². The Balaban J connectivity index is 2.05. The summed E-state index contributed by atoms with van der Waals surface area (Å²) in [7, 11) is 0. The molecule has 3 aromatic rings. The molecule has 5 nitrogen and oxygen atoms in total. The van der Waals surface area contributed by atoms with Crippen molar-refractivity contribution in [2.24, 2.45) is 0 Å². The maximum absolute atomic E-state index is 12.9. The fraction of sp³-hybridized carbons (Fsp3) is 0.0625. The molecule has 22 heavy (non-hydrogen) atoms. The average molecular weight is 299 g/mol. The van der Waals surface area contributed by atoms with Crippen molar-refractivity contribution in [2.75, 3.05) is 0 Å². The highest BCUT2D eigenvalue weighted by molar-refractivity contribution is 5.91. The maximum Gasteiger partial charge on any atom is 0.342 e. The maximum atomic E-state index is 12.9. The third-order valence-corrected chi connectivity index (χ3v) is 3.25. The van der Waals surface area contributed by atoms with Gasteiger partial charge in [-0.05, 0) is 23.8 Å². The number of aromatic carboxylic acids is 1. The van der Waals surface area contributed by atoms with Crippen molar-refractivity contribution in [2.45, 2.75) is 6.42 Å². The van der Waals surface area contributed by atoms with Gasteiger partial charge in [0.2, 0.25) is 5.43 Å². The summed E-state index contributed by atoms with van der Waals surface area (Å²) in [6.45, 7) is 0. The molecule has 0 saturated heterocycles. The molecule has 3 rings (SSSR count). The molecular formula is C16H10FNO4. The molecule has 2 aromatic heterocycles. The smallest absolute Gasteiger partial charge is 0.342 e. The van der Waals surface area contributed by atoms with Gasteiger partial charge in [-0.1, -0.05) is 12.1 Å². The van der Waals surface area contributed by atoms with E-state index in [1.54, 1.807) is 12.1 Å².